The molecule has 0 spiro atoms. The minimum atomic E-state index is -0.658. The van der Waals surface area contributed by atoms with Gasteiger partial charge in [0, 0.05) is 25.6 Å². The predicted octanol–water partition coefficient (Wildman–Crippen LogP) is 3.05. The zero-order valence-corrected chi connectivity index (χ0v) is 12.8. The number of aliphatic hydroxyl groups is 1. The Bertz CT molecular complexity index is 520. The van der Waals surface area contributed by atoms with Crippen LogP contribution in [0.15, 0.2) is 30.3 Å². The summed E-state index contributed by atoms with van der Waals surface area (Å²) in [4.78, 5) is 2.42. The van der Waals surface area contributed by atoms with Gasteiger partial charge in [-0.2, -0.15) is 5.26 Å². The summed E-state index contributed by atoms with van der Waals surface area (Å²) in [6, 6.07) is 12.9. The van der Waals surface area contributed by atoms with Crippen molar-refractivity contribution in [2.75, 3.05) is 13.1 Å². The zero-order valence-electron chi connectivity index (χ0n) is 12.8. The molecular formula is C18H24N2O. The highest BCUT2D eigenvalue weighted by atomic mass is 16.3. The molecule has 112 valence electrons. The van der Waals surface area contributed by atoms with Crippen molar-refractivity contribution in [3.63, 3.8) is 0 Å². The smallest absolute Gasteiger partial charge is 0.115 e. The van der Waals surface area contributed by atoms with Crippen LogP contribution in [0.4, 0.5) is 0 Å². The molecule has 1 N–H and O–H groups in total. The van der Waals surface area contributed by atoms with E-state index in [1.807, 2.05) is 30.3 Å². The van der Waals surface area contributed by atoms with Crippen molar-refractivity contribution in [2.45, 2.75) is 50.7 Å². The van der Waals surface area contributed by atoms with E-state index in [-0.39, 0.29) is 5.41 Å². The van der Waals surface area contributed by atoms with E-state index in [1.165, 1.54) is 0 Å². The second kappa shape index (κ2) is 5.44. The Balaban J connectivity index is 1.55. The summed E-state index contributed by atoms with van der Waals surface area (Å²) in [7, 11) is 0. The quantitative estimate of drug-likeness (QED) is 0.928. The number of β-amino-alcohol motifs (C(OH)–C–C–N with tert-alkyl or cyclic N) is 1. The van der Waals surface area contributed by atoms with Gasteiger partial charge in [0.05, 0.1) is 6.07 Å². The standard InChI is InChI=1S/C18H24N2O/c1-17(11-12-19)9-7-16(8-10-17)20-13-18(21,14-20)15-5-3-2-4-6-15/h2-6,16,21H,7-11,13-14H2,1H3. The molecule has 0 unspecified atom stereocenters. The first-order chi connectivity index (χ1) is 10.0. The molecule has 1 saturated carbocycles. The van der Waals surface area contributed by atoms with Crippen molar-refractivity contribution in [1.82, 2.24) is 4.90 Å². The molecule has 3 heteroatoms. The third-order valence-corrected chi connectivity index (χ3v) is 5.42. The summed E-state index contributed by atoms with van der Waals surface area (Å²) in [5.74, 6) is 0. The lowest BCUT2D eigenvalue weighted by Gasteiger charge is -2.52. The van der Waals surface area contributed by atoms with Crippen LogP contribution < -0.4 is 0 Å². The van der Waals surface area contributed by atoms with Crippen LogP contribution in [-0.2, 0) is 5.60 Å². The molecule has 0 amide bonds. The van der Waals surface area contributed by atoms with E-state index in [1.54, 1.807) is 0 Å². The number of rotatable bonds is 3. The molecule has 0 radical (unpaired) electrons. The molecule has 2 aliphatic rings. The lowest BCUT2D eigenvalue weighted by molar-refractivity contribution is -0.129. The van der Waals surface area contributed by atoms with E-state index >= 15 is 0 Å². The van der Waals surface area contributed by atoms with Crippen molar-refractivity contribution < 1.29 is 5.11 Å². The van der Waals surface area contributed by atoms with Gasteiger partial charge in [0.2, 0.25) is 0 Å². The topological polar surface area (TPSA) is 47.3 Å². The lowest BCUT2D eigenvalue weighted by Crippen LogP contribution is -2.63. The summed E-state index contributed by atoms with van der Waals surface area (Å²) in [6.45, 7) is 3.73. The van der Waals surface area contributed by atoms with Gasteiger partial charge in [0.25, 0.3) is 0 Å². The van der Waals surface area contributed by atoms with E-state index in [2.05, 4.69) is 17.9 Å². The highest BCUT2D eigenvalue weighted by molar-refractivity contribution is 5.26. The highest BCUT2D eigenvalue weighted by Gasteiger charge is 2.46. The molecule has 1 saturated heterocycles. The molecule has 1 aromatic carbocycles. The minimum absolute atomic E-state index is 0.214. The average Bonchev–Trinajstić information content (AvgIpc) is 2.46. The van der Waals surface area contributed by atoms with Crippen LogP contribution in [0.25, 0.3) is 0 Å². The summed E-state index contributed by atoms with van der Waals surface area (Å²) >= 11 is 0. The number of hydrogen-bond acceptors (Lipinski definition) is 3. The summed E-state index contributed by atoms with van der Waals surface area (Å²) < 4.78 is 0. The van der Waals surface area contributed by atoms with Gasteiger partial charge in [0.1, 0.15) is 5.60 Å². The van der Waals surface area contributed by atoms with Gasteiger partial charge in [-0.05, 0) is 36.7 Å². The van der Waals surface area contributed by atoms with E-state index in [0.717, 1.165) is 44.3 Å². The fourth-order valence-corrected chi connectivity index (χ4v) is 3.85. The van der Waals surface area contributed by atoms with Gasteiger partial charge in [-0.3, -0.25) is 4.90 Å². The Morgan fingerprint density at radius 3 is 2.43 bits per heavy atom. The van der Waals surface area contributed by atoms with Crippen LogP contribution >= 0.6 is 0 Å². The first kappa shape index (κ1) is 14.6. The monoisotopic (exact) mass is 284 g/mol. The van der Waals surface area contributed by atoms with Gasteiger partial charge in [-0.15, -0.1) is 0 Å². The van der Waals surface area contributed by atoms with Crippen molar-refractivity contribution in [1.29, 1.82) is 5.26 Å². The van der Waals surface area contributed by atoms with Crippen molar-refractivity contribution in [2.24, 2.45) is 5.41 Å². The number of hydrogen-bond donors (Lipinski definition) is 1. The Morgan fingerprint density at radius 2 is 1.86 bits per heavy atom. The van der Waals surface area contributed by atoms with Crippen molar-refractivity contribution in [3.8, 4) is 6.07 Å². The fraction of sp³-hybridized carbons (Fsp3) is 0.611. The summed E-state index contributed by atoms with van der Waals surface area (Å²) in [6.07, 6.45) is 5.25. The number of benzene rings is 1. The predicted molar refractivity (Wildman–Crippen MR) is 82.5 cm³/mol. The first-order valence-electron chi connectivity index (χ1n) is 7.94. The third-order valence-electron chi connectivity index (χ3n) is 5.42. The summed E-state index contributed by atoms with van der Waals surface area (Å²) in [5, 5.41) is 19.6. The molecule has 0 bridgehead atoms. The molecule has 1 heterocycles. The molecule has 3 rings (SSSR count). The van der Waals surface area contributed by atoms with Crippen LogP contribution in [-0.4, -0.2) is 29.1 Å². The van der Waals surface area contributed by atoms with Crippen LogP contribution in [0.2, 0.25) is 0 Å². The number of nitriles is 1. The van der Waals surface area contributed by atoms with Crippen molar-refractivity contribution >= 4 is 0 Å². The summed E-state index contributed by atoms with van der Waals surface area (Å²) in [5.41, 5.74) is 0.590. The molecule has 0 atom stereocenters. The molecule has 3 nitrogen and oxygen atoms in total. The Labute approximate surface area is 127 Å². The molecule has 1 aliphatic carbocycles. The van der Waals surface area contributed by atoms with E-state index in [9.17, 15) is 5.11 Å². The molecule has 2 fully saturated rings. The van der Waals surface area contributed by atoms with Crippen molar-refractivity contribution in [3.05, 3.63) is 35.9 Å². The van der Waals surface area contributed by atoms with Gasteiger partial charge in [-0.25, -0.2) is 0 Å². The second-order valence-corrected chi connectivity index (χ2v) is 7.18. The zero-order chi connectivity index (χ0) is 14.9. The van der Waals surface area contributed by atoms with Gasteiger partial charge in [0.15, 0.2) is 0 Å². The Kier molecular flexibility index (Phi) is 3.77. The minimum Gasteiger partial charge on any atom is -0.382 e. The Hall–Kier alpha value is -1.37. The second-order valence-electron chi connectivity index (χ2n) is 7.18. The lowest BCUT2D eigenvalue weighted by atomic mass is 9.71. The van der Waals surface area contributed by atoms with E-state index < -0.39 is 5.60 Å². The molecule has 21 heavy (non-hydrogen) atoms. The number of likely N-dealkylation sites (tertiary alicyclic amines) is 1. The van der Waals surface area contributed by atoms with Crippen LogP contribution in [0, 0.1) is 16.7 Å². The SMILES string of the molecule is CC1(CC#N)CCC(N2CC(O)(c3ccccc3)C2)CC1. The molecule has 0 aromatic heterocycles. The van der Waals surface area contributed by atoms with Crippen LogP contribution in [0.3, 0.4) is 0 Å². The third kappa shape index (κ3) is 2.84. The maximum absolute atomic E-state index is 10.7. The van der Waals surface area contributed by atoms with E-state index in [4.69, 9.17) is 5.26 Å². The largest absolute Gasteiger partial charge is 0.382 e. The fourth-order valence-electron chi connectivity index (χ4n) is 3.85. The average molecular weight is 284 g/mol. The highest BCUT2D eigenvalue weighted by Crippen LogP contribution is 2.43. The van der Waals surface area contributed by atoms with Gasteiger partial charge < -0.3 is 5.11 Å². The number of nitrogens with zero attached hydrogens (tertiary/aromatic N) is 2. The van der Waals surface area contributed by atoms with Gasteiger partial charge >= 0.3 is 0 Å². The van der Waals surface area contributed by atoms with E-state index in [0.29, 0.717) is 12.5 Å². The molecular weight excluding hydrogens is 260 g/mol. The van der Waals surface area contributed by atoms with Crippen LogP contribution in [0.1, 0.15) is 44.6 Å². The van der Waals surface area contributed by atoms with Crippen LogP contribution in [0.5, 0.6) is 0 Å². The Morgan fingerprint density at radius 1 is 1.24 bits per heavy atom. The first-order valence-corrected chi connectivity index (χ1v) is 7.94. The molecule has 1 aliphatic heterocycles. The maximum Gasteiger partial charge on any atom is 0.115 e. The van der Waals surface area contributed by atoms with Gasteiger partial charge in [-0.1, -0.05) is 37.3 Å². The normalized spacial score (nSPS) is 32.1. The maximum atomic E-state index is 10.7. The molecule has 1 aromatic rings.